The largest absolute Gasteiger partial charge is 0.416 e. The van der Waals surface area contributed by atoms with Crippen molar-refractivity contribution in [3.63, 3.8) is 0 Å². The maximum absolute atomic E-state index is 12.9. The van der Waals surface area contributed by atoms with Crippen molar-refractivity contribution >= 4 is 5.91 Å². The van der Waals surface area contributed by atoms with Crippen LogP contribution in [0.1, 0.15) is 39.9 Å². The number of rotatable bonds is 1. The Hall–Kier alpha value is -2.30. The second-order valence-electron chi connectivity index (χ2n) is 6.99. The van der Waals surface area contributed by atoms with E-state index in [0.29, 0.717) is 13.1 Å². The molecule has 25 heavy (non-hydrogen) atoms. The summed E-state index contributed by atoms with van der Waals surface area (Å²) in [5, 5.41) is 0. The van der Waals surface area contributed by atoms with Crippen molar-refractivity contribution < 1.29 is 18.0 Å². The van der Waals surface area contributed by atoms with Gasteiger partial charge in [-0.1, -0.05) is 30.3 Å². The topological polar surface area (TPSA) is 20.3 Å². The molecule has 1 aliphatic carbocycles. The molecular formula is C20H18F3NO. The highest BCUT2D eigenvalue weighted by Gasteiger charge is 2.45. The summed E-state index contributed by atoms with van der Waals surface area (Å²) in [7, 11) is 0. The van der Waals surface area contributed by atoms with Gasteiger partial charge >= 0.3 is 6.18 Å². The predicted octanol–water partition coefficient (Wildman–Crippen LogP) is 4.44. The van der Waals surface area contributed by atoms with Crippen molar-refractivity contribution in [1.82, 2.24) is 4.90 Å². The number of hydrogen-bond donors (Lipinski definition) is 0. The number of benzene rings is 2. The minimum absolute atomic E-state index is 0.0338. The summed E-state index contributed by atoms with van der Waals surface area (Å²) in [6, 6.07) is 13.0. The van der Waals surface area contributed by atoms with Gasteiger partial charge in [0.25, 0.3) is 5.91 Å². The number of fused-ring (bicyclic) bond motifs is 2. The molecule has 1 saturated heterocycles. The van der Waals surface area contributed by atoms with Crippen LogP contribution in [0.3, 0.4) is 0 Å². The molecule has 1 fully saturated rings. The number of aryl methyl sites for hydroxylation is 1. The van der Waals surface area contributed by atoms with Gasteiger partial charge in [-0.05, 0) is 48.6 Å². The van der Waals surface area contributed by atoms with Crippen LogP contribution in [-0.4, -0.2) is 23.9 Å². The first-order chi connectivity index (χ1) is 11.9. The molecule has 5 heteroatoms. The summed E-state index contributed by atoms with van der Waals surface area (Å²) >= 11 is 0. The zero-order valence-electron chi connectivity index (χ0n) is 13.6. The number of hydrogen-bond acceptors (Lipinski definition) is 1. The Labute approximate surface area is 144 Å². The molecule has 1 aliphatic heterocycles. The molecular weight excluding hydrogens is 327 g/mol. The third kappa shape index (κ3) is 2.71. The van der Waals surface area contributed by atoms with Gasteiger partial charge in [0.1, 0.15) is 0 Å². The molecule has 2 aromatic rings. The van der Waals surface area contributed by atoms with Crippen molar-refractivity contribution in [2.45, 2.75) is 30.9 Å². The molecule has 0 saturated carbocycles. The van der Waals surface area contributed by atoms with E-state index in [2.05, 4.69) is 12.1 Å². The van der Waals surface area contributed by atoms with Gasteiger partial charge in [0.15, 0.2) is 0 Å². The van der Waals surface area contributed by atoms with Crippen LogP contribution in [0.5, 0.6) is 0 Å². The van der Waals surface area contributed by atoms with Gasteiger partial charge < -0.3 is 4.90 Å². The molecule has 130 valence electrons. The number of alkyl halides is 3. The van der Waals surface area contributed by atoms with E-state index in [4.69, 9.17) is 0 Å². The molecule has 1 amide bonds. The first kappa shape index (κ1) is 16.2. The fourth-order valence-electron chi connectivity index (χ4n) is 4.25. The van der Waals surface area contributed by atoms with E-state index >= 15 is 0 Å². The molecule has 1 heterocycles. The van der Waals surface area contributed by atoms with Gasteiger partial charge in [-0.15, -0.1) is 0 Å². The molecule has 0 aromatic heterocycles. The van der Waals surface area contributed by atoms with Crippen molar-refractivity contribution in [2.24, 2.45) is 0 Å². The summed E-state index contributed by atoms with van der Waals surface area (Å²) in [6.07, 6.45) is -1.57. The number of carbonyl (C=O) groups excluding carboxylic acids is 1. The van der Waals surface area contributed by atoms with Gasteiger partial charge in [-0.2, -0.15) is 13.2 Å². The van der Waals surface area contributed by atoms with Crippen LogP contribution in [0, 0.1) is 0 Å². The fraction of sp³-hybridized carbons (Fsp3) is 0.350. The van der Waals surface area contributed by atoms with Crippen molar-refractivity contribution in [3.05, 3.63) is 70.8 Å². The smallest absolute Gasteiger partial charge is 0.338 e. The van der Waals surface area contributed by atoms with E-state index in [1.165, 1.54) is 23.3 Å². The van der Waals surface area contributed by atoms with E-state index in [-0.39, 0.29) is 16.9 Å². The number of amides is 1. The highest BCUT2D eigenvalue weighted by Crippen LogP contribution is 2.45. The van der Waals surface area contributed by atoms with Crippen molar-refractivity contribution in [1.29, 1.82) is 0 Å². The maximum Gasteiger partial charge on any atom is 0.416 e. The molecule has 0 radical (unpaired) electrons. The lowest BCUT2D eigenvalue weighted by Gasteiger charge is -2.25. The average molecular weight is 345 g/mol. The van der Waals surface area contributed by atoms with Gasteiger partial charge in [-0.3, -0.25) is 4.79 Å². The zero-order chi connectivity index (χ0) is 17.7. The molecule has 1 atom stereocenters. The van der Waals surface area contributed by atoms with Crippen LogP contribution in [0.2, 0.25) is 0 Å². The second-order valence-corrected chi connectivity index (χ2v) is 6.99. The van der Waals surface area contributed by atoms with E-state index in [1.807, 2.05) is 12.1 Å². The first-order valence-electron chi connectivity index (χ1n) is 8.44. The molecule has 0 N–H and O–H groups in total. The fourth-order valence-corrected chi connectivity index (χ4v) is 4.25. The summed E-state index contributed by atoms with van der Waals surface area (Å²) in [5.41, 5.74) is 1.93. The normalized spacial score (nSPS) is 22.4. The van der Waals surface area contributed by atoms with Crippen LogP contribution in [0.15, 0.2) is 48.5 Å². The highest BCUT2D eigenvalue weighted by atomic mass is 19.4. The SMILES string of the molecule is O=C(c1cccc(C(F)(F)F)c1)N1CCC2(CCc3ccccc32)C1. The Morgan fingerprint density at radius 3 is 2.64 bits per heavy atom. The Morgan fingerprint density at radius 2 is 1.84 bits per heavy atom. The number of carbonyl (C=O) groups is 1. The standard InChI is InChI=1S/C20H18F3NO/c21-20(22,23)16-6-3-5-15(12-16)18(25)24-11-10-19(13-24)9-8-14-4-1-2-7-17(14)19/h1-7,12H,8-11,13H2. The number of halogens is 3. The average Bonchev–Trinajstić information content (AvgIpc) is 3.20. The van der Waals surface area contributed by atoms with Crippen molar-refractivity contribution in [3.8, 4) is 0 Å². The summed E-state index contributed by atoms with van der Waals surface area (Å²) < 4.78 is 38.7. The minimum Gasteiger partial charge on any atom is -0.338 e. The molecule has 2 nitrogen and oxygen atoms in total. The van der Waals surface area contributed by atoms with Gasteiger partial charge in [0.2, 0.25) is 0 Å². The van der Waals surface area contributed by atoms with E-state index in [9.17, 15) is 18.0 Å². The summed E-state index contributed by atoms with van der Waals surface area (Å²) in [6.45, 7) is 1.17. The van der Waals surface area contributed by atoms with E-state index < -0.39 is 11.7 Å². The van der Waals surface area contributed by atoms with Crippen LogP contribution >= 0.6 is 0 Å². The van der Waals surface area contributed by atoms with Crippen molar-refractivity contribution in [2.75, 3.05) is 13.1 Å². The molecule has 4 rings (SSSR count). The van der Waals surface area contributed by atoms with Crippen LogP contribution in [-0.2, 0) is 18.0 Å². The van der Waals surface area contributed by atoms with Crippen LogP contribution in [0.25, 0.3) is 0 Å². The molecule has 0 bridgehead atoms. The Bertz CT molecular complexity index is 830. The molecule has 1 unspecified atom stereocenters. The minimum atomic E-state index is -4.44. The second kappa shape index (κ2) is 5.61. The van der Waals surface area contributed by atoms with E-state index in [0.717, 1.165) is 31.4 Å². The Morgan fingerprint density at radius 1 is 1.04 bits per heavy atom. The quantitative estimate of drug-likeness (QED) is 0.748. The summed E-state index contributed by atoms with van der Waals surface area (Å²) in [4.78, 5) is 14.4. The Kier molecular flexibility index (Phi) is 3.63. The van der Waals surface area contributed by atoms with Gasteiger partial charge in [0, 0.05) is 24.1 Å². The number of nitrogens with zero attached hydrogens (tertiary/aromatic N) is 1. The van der Waals surface area contributed by atoms with E-state index in [1.54, 1.807) is 4.90 Å². The number of likely N-dealkylation sites (tertiary alicyclic amines) is 1. The Balaban J connectivity index is 1.58. The summed E-state index contributed by atoms with van der Waals surface area (Å²) in [5.74, 6) is -0.313. The molecule has 1 spiro atoms. The maximum atomic E-state index is 12.9. The lowest BCUT2D eigenvalue weighted by atomic mass is 9.81. The van der Waals surface area contributed by atoms with Crippen LogP contribution < -0.4 is 0 Å². The highest BCUT2D eigenvalue weighted by molar-refractivity contribution is 5.94. The lowest BCUT2D eigenvalue weighted by molar-refractivity contribution is -0.137. The third-order valence-corrected chi connectivity index (χ3v) is 5.54. The van der Waals surface area contributed by atoms with Gasteiger partial charge in [0.05, 0.1) is 5.56 Å². The predicted molar refractivity (Wildman–Crippen MR) is 88.4 cm³/mol. The zero-order valence-corrected chi connectivity index (χ0v) is 13.6. The first-order valence-corrected chi connectivity index (χ1v) is 8.44. The lowest BCUT2D eigenvalue weighted by Crippen LogP contribution is -2.33. The monoisotopic (exact) mass is 345 g/mol. The third-order valence-electron chi connectivity index (χ3n) is 5.54. The van der Waals surface area contributed by atoms with Gasteiger partial charge in [-0.25, -0.2) is 0 Å². The molecule has 2 aromatic carbocycles. The molecule has 2 aliphatic rings. The van der Waals surface area contributed by atoms with Crippen LogP contribution in [0.4, 0.5) is 13.2 Å².